The smallest absolute Gasteiger partial charge is 0.0534 e. The second-order valence-electron chi connectivity index (χ2n) is 6.30. The highest BCUT2D eigenvalue weighted by Crippen LogP contribution is 2.12. The molecule has 1 aliphatic rings. The van der Waals surface area contributed by atoms with Crippen LogP contribution >= 0.6 is 0 Å². The van der Waals surface area contributed by atoms with Gasteiger partial charge in [0, 0.05) is 36.9 Å². The molecule has 114 valence electrons. The van der Waals surface area contributed by atoms with Gasteiger partial charge in [0.15, 0.2) is 0 Å². The maximum atomic E-state index is 4.45. The molecule has 0 spiro atoms. The first-order chi connectivity index (χ1) is 9.69. The van der Waals surface area contributed by atoms with Gasteiger partial charge in [-0.1, -0.05) is 13.3 Å². The van der Waals surface area contributed by atoms with Crippen LogP contribution in [0, 0.1) is 0 Å². The predicted octanol–water partition coefficient (Wildman–Crippen LogP) is 2.82. The average molecular weight is 278 g/mol. The van der Waals surface area contributed by atoms with Gasteiger partial charge >= 0.3 is 0 Å². The molecule has 1 aromatic rings. The van der Waals surface area contributed by atoms with E-state index >= 15 is 0 Å². The first-order valence-electron chi connectivity index (χ1n) is 8.17. The molecule has 0 aliphatic carbocycles. The van der Waals surface area contributed by atoms with Crippen LogP contribution < -0.4 is 5.32 Å². The molecule has 1 atom stereocenters. The van der Waals surface area contributed by atoms with Gasteiger partial charge in [0.1, 0.15) is 0 Å². The van der Waals surface area contributed by atoms with Crippen molar-refractivity contribution in [1.29, 1.82) is 0 Å². The molecule has 4 nitrogen and oxygen atoms in total. The van der Waals surface area contributed by atoms with Crippen molar-refractivity contribution in [3.63, 3.8) is 0 Å². The highest BCUT2D eigenvalue weighted by atomic mass is 15.3. The Labute approximate surface area is 123 Å². The van der Waals surface area contributed by atoms with Crippen LogP contribution in [0.15, 0.2) is 12.4 Å². The largest absolute Gasteiger partial charge is 0.313 e. The quantitative estimate of drug-likeness (QED) is 0.832. The fourth-order valence-corrected chi connectivity index (χ4v) is 2.94. The molecular weight excluding hydrogens is 248 g/mol. The summed E-state index contributed by atoms with van der Waals surface area (Å²) < 4.78 is 2.05. The molecule has 1 fully saturated rings. The van der Waals surface area contributed by atoms with Crippen molar-refractivity contribution in [2.75, 3.05) is 19.6 Å². The molecule has 0 bridgehead atoms. The van der Waals surface area contributed by atoms with Crippen LogP contribution in [-0.2, 0) is 6.54 Å². The molecule has 4 heteroatoms. The summed E-state index contributed by atoms with van der Waals surface area (Å²) in [6.45, 7) is 11.2. The van der Waals surface area contributed by atoms with Gasteiger partial charge in [-0.25, -0.2) is 0 Å². The number of hydrogen-bond acceptors (Lipinski definition) is 3. The maximum Gasteiger partial charge on any atom is 0.0534 e. The van der Waals surface area contributed by atoms with Crippen molar-refractivity contribution in [2.45, 2.75) is 65.1 Å². The Morgan fingerprint density at radius 1 is 1.45 bits per heavy atom. The van der Waals surface area contributed by atoms with E-state index in [2.05, 4.69) is 47.0 Å². The monoisotopic (exact) mass is 278 g/mol. The fraction of sp³-hybridized carbons (Fsp3) is 0.812. The van der Waals surface area contributed by atoms with Crippen molar-refractivity contribution in [2.24, 2.45) is 0 Å². The van der Waals surface area contributed by atoms with Gasteiger partial charge in [-0.3, -0.25) is 9.58 Å². The molecule has 0 aromatic carbocycles. The molecule has 1 aliphatic heterocycles. The summed E-state index contributed by atoms with van der Waals surface area (Å²) in [7, 11) is 0. The Kier molecular flexibility index (Phi) is 6.05. The van der Waals surface area contributed by atoms with Gasteiger partial charge in [0.25, 0.3) is 0 Å². The lowest BCUT2D eigenvalue weighted by Gasteiger charge is -2.30. The van der Waals surface area contributed by atoms with Gasteiger partial charge in [-0.2, -0.15) is 5.10 Å². The second kappa shape index (κ2) is 7.79. The summed E-state index contributed by atoms with van der Waals surface area (Å²) in [5.41, 5.74) is 1.34. The van der Waals surface area contributed by atoms with E-state index in [9.17, 15) is 0 Å². The van der Waals surface area contributed by atoms with E-state index in [1.54, 1.807) is 0 Å². The van der Waals surface area contributed by atoms with E-state index in [1.807, 2.05) is 6.20 Å². The summed E-state index contributed by atoms with van der Waals surface area (Å²) in [5.74, 6) is 0. The molecule has 2 heterocycles. The van der Waals surface area contributed by atoms with Crippen LogP contribution in [0.3, 0.4) is 0 Å². The van der Waals surface area contributed by atoms with Gasteiger partial charge in [-0.15, -0.1) is 0 Å². The zero-order chi connectivity index (χ0) is 14.4. The number of nitrogens with zero attached hydrogens (tertiary/aromatic N) is 3. The Balaban J connectivity index is 1.89. The molecule has 1 aromatic heterocycles. The lowest BCUT2D eigenvalue weighted by Crippen LogP contribution is -2.43. The number of aromatic nitrogens is 2. The van der Waals surface area contributed by atoms with E-state index in [1.165, 1.54) is 50.9 Å². The molecule has 0 amide bonds. The standard InChI is InChI=1S/C16H30N4/c1-4-9-19(13-16-7-5-6-8-17-16)11-15-10-18-20(12-15)14(2)3/h10,12,14,16-17H,4-9,11,13H2,1-3H3. The van der Waals surface area contributed by atoms with Crippen LogP contribution in [0.1, 0.15) is 58.1 Å². The lowest BCUT2D eigenvalue weighted by atomic mass is 10.0. The van der Waals surface area contributed by atoms with Crippen molar-refractivity contribution in [3.05, 3.63) is 18.0 Å². The zero-order valence-electron chi connectivity index (χ0n) is 13.3. The molecule has 1 unspecified atom stereocenters. The van der Waals surface area contributed by atoms with E-state index in [-0.39, 0.29) is 0 Å². The van der Waals surface area contributed by atoms with Crippen molar-refractivity contribution in [3.8, 4) is 0 Å². The summed E-state index contributed by atoms with van der Waals surface area (Å²) in [6.07, 6.45) is 9.48. The third-order valence-electron chi connectivity index (χ3n) is 4.02. The molecule has 20 heavy (non-hydrogen) atoms. The van der Waals surface area contributed by atoms with E-state index in [4.69, 9.17) is 0 Å². The molecule has 2 rings (SSSR count). The third-order valence-corrected chi connectivity index (χ3v) is 4.02. The van der Waals surface area contributed by atoms with Crippen LogP contribution in [-0.4, -0.2) is 40.4 Å². The summed E-state index contributed by atoms with van der Waals surface area (Å²) in [5, 5.41) is 8.10. The van der Waals surface area contributed by atoms with Gasteiger partial charge in [-0.05, 0) is 46.2 Å². The van der Waals surface area contributed by atoms with E-state index < -0.39 is 0 Å². The third kappa shape index (κ3) is 4.60. The normalized spacial score (nSPS) is 19.9. The topological polar surface area (TPSA) is 33.1 Å². The van der Waals surface area contributed by atoms with Gasteiger partial charge in [0.2, 0.25) is 0 Å². The fourth-order valence-electron chi connectivity index (χ4n) is 2.94. The summed E-state index contributed by atoms with van der Waals surface area (Å²) >= 11 is 0. The molecule has 0 saturated carbocycles. The molecule has 1 saturated heterocycles. The minimum absolute atomic E-state index is 0.448. The number of rotatable bonds is 7. The molecule has 0 radical (unpaired) electrons. The minimum Gasteiger partial charge on any atom is -0.313 e. The first kappa shape index (κ1) is 15.5. The van der Waals surface area contributed by atoms with E-state index in [0.717, 1.165) is 6.54 Å². The maximum absolute atomic E-state index is 4.45. The SMILES string of the molecule is CCCN(Cc1cnn(C(C)C)c1)CC1CCCCN1. The Hall–Kier alpha value is -0.870. The predicted molar refractivity (Wildman–Crippen MR) is 83.8 cm³/mol. The van der Waals surface area contributed by atoms with Gasteiger partial charge in [0.05, 0.1) is 6.20 Å². The molecule has 1 N–H and O–H groups in total. The number of hydrogen-bond donors (Lipinski definition) is 1. The van der Waals surface area contributed by atoms with E-state index in [0.29, 0.717) is 12.1 Å². The van der Waals surface area contributed by atoms with Crippen molar-refractivity contribution >= 4 is 0 Å². The van der Waals surface area contributed by atoms with Crippen LogP contribution in [0.5, 0.6) is 0 Å². The summed E-state index contributed by atoms with van der Waals surface area (Å²) in [4.78, 5) is 2.57. The Bertz CT molecular complexity index is 380. The van der Waals surface area contributed by atoms with Crippen LogP contribution in [0.25, 0.3) is 0 Å². The lowest BCUT2D eigenvalue weighted by molar-refractivity contribution is 0.217. The van der Waals surface area contributed by atoms with Crippen LogP contribution in [0.4, 0.5) is 0 Å². The van der Waals surface area contributed by atoms with Crippen molar-refractivity contribution in [1.82, 2.24) is 20.0 Å². The van der Waals surface area contributed by atoms with Crippen LogP contribution in [0.2, 0.25) is 0 Å². The minimum atomic E-state index is 0.448. The second-order valence-corrected chi connectivity index (χ2v) is 6.30. The Morgan fingerprint density at radius 3 is 2.90 bits per heavy atom. The summed E-state index contributed by atoms with van der Waals surface area (Å²) in [6, 6.07) is 1.12. The zero-order valence-corrected chi connectivity index (χ0v) is 13.3. The number of nitrogens with one attached hydrogen (secondary N) is 1. The first-order valence-corrected chi connectivity index (χ1v) is 8.17. The molecular formula is C16H30N4. The average Bonchev–Trinajstić information content (AvgIpc) is 2.89. The van der Waals surface area contributed by atoms with Gasteiger partial charge < -0.3 is 5.32 Å². The Morgan fingerprint density at radius 2 is 2.30 bits per heavy atom. The number of piperidine rings is 1. The highest BCUT2D eigenvalue weighted by Gasteiger charge is 2.17. The highest BCUT2D eigenvalue weighted by molar-refractivity contribution is 5.04. The van der Waals surface area contributed by atoms with Crippen molar-refractivity contribution < 1.29 is 0 Å².